The van der Waals surface area contributed by atoms with Crippen LogP contribution in [-0.2, 0) is 11.2 Å². The lowest BCUT2D eigenvalue weighted by molar-refractivity contribution is -0.138. The van der Waals surface area contributed by atoms with Crippen molar-refractivity contribution in [2.75, 3.05) is 0 Å². The van der Waals surface area contributed by atoms with Gasteiger partial charge in [0.25, 0.3) is 0 Å². The molecule has 0 bridgehead atoms. The molecular formula is C17H18O2. The topological polar surface area (TPSA) is 37.3 Å². The lowest BCUT2D eigenvalue weighted by atomic mass is 9.91. The fraction of sp³-hybridized carbons (Fsp3) is 0.235. The zero-order chi connectivity index (χ0) is 13.7. The summed E-state index contributed by atoms with van der Waals surface area (Å²) in [7, 11) is 0. The van der Waals surface area contributed by atoms with Crippen molar-refractivity contribution in [1.82, 2.24) is 0 Å². The predicted molar refractivity (Wildman–Crippen MR) is 76.3 cm³/mol. The number of carbonyl (C=O) groups is 1. The van der Waals surface area contributed by atoms with Gasteiger partial charge in [0.05, 0.1) is 5.92 Å². The van der Waals surface area contributed by atoms with Gasteiger partial charge in [-0.05, 0) is 30.9 Å². The first-order valence-electron chi connectivity index (χ1n) is 6.50. The van der Waals surface area contributed by atoms with E-state index in [1.807, 2.05) is 61.5 Å². The Morgan fingerprint density at radius 3 is 2.47 bits per heavy atom. The van der Waals surface area contributed by atoms with Crippen LogP contribution in [-0.4, -0.2) is 11.1 Å². The van der Waals surface area contributed by atoms with Crippen molar-refractivity contribution in [1.29, 1.82) is 0 Å². The van der Waals surface area contributed by atoms with Crippen LogP contribution in [0.1, 0.15) is 29.0 Å². The van der Waals surface area contributed by atoms with Crippen LogP contribution in [0.15, 0.2) is 54.6 Å². The van der Waals surface area contributed by atoms with Gasteiger partial charge in [0.2, 0.25) is 0 Å². The van der Waals surface area contributed by atoms with Gasteiger partial charge in [-0.3, -0.25) is 4.79 Å². The van der Waals surface area contributed by atoms with Crippen LogP contribution in [0.3, 0.4) is 0 Å². The highest BCUT2D eigenvalue weighted by atomic mass is 16.4. The molecule has 2 rings (SSSR count). The molecule has 0 aromatic heterocycles. The van der Waals surface area contributed by atoms with E-state index in [4.69, 9.17) is 0 Å². The maximum absolute atomic E-state index is 11.4. The van der Waals surface area contributed by atoms with E-state index in [0.29, 0.717) is 6.42 Å². The van der Waals surface area contributed by atoms with E-state index in [9.17, 15) is 9.90 Å². The highest BCUT2D eigenvalue weighted by molar-refractivity contribution is 5.76. The molecule has 0 aliphatic carbocycles. The first-order chi connectivity index (χ1) is 9.16. The van der Waals surface area contributed by atoms with Crippen LogP contribution in [0.25, 0.3) is 0 Å². The number of rotatable bonds is 5. The highest BCUT2D eigenvalue weighted by Gasteiger charge is 2.19. The number of hydrogen-bond donors (Lipinski definition) is 1. The first kappa shape index (κ1) is 13.3. The number of aryl methyl sites for hydroxylation is 2. The molecule has 0 amide bonds. The Hall–Kier alpha value is -2.09. The van der Waals surface area contributed by atoms with E-state index >= 15 is 0 Å². The Morgan fingerprint density at radius 1 is 1.11 bits per heavy atom. The molecule has 0 saturated carbocycles. The monoisotopic (exact) mass is 254 g/mol. The Bertz CT molecular complexity index is 546. The molecular weight excluding hydrogens is 236 g/mol. The summed E-state index contributed by atoms with van der Waals surface area (Å²) < 4.78 is 0. The normalized spacial score (nSPS) is 12.1. The van der Waals surface area contributed by atoms with E-state index in [1.54, 1.807) is 0 Å². The molecule has 2 nitrogen and oxygen atoms in total. The summed E-state index contributed by atoms with van der Waals surface area (Å²) in [5, 5.41) is 9.40. The van der Waals surface area contributed by atoms with E-state index < -0.39 is 11.9 Å². The van der Waals surface area contributed by atoms with E-state index in [1.165, 1.54) is 5.56 Å². The van der Waals surface area contributed by atoms with E-state index in [0.717, 1.165) is 17.5 Å². The smallest absolute Gasteiger partial charge is 0.310 e. The third-order valence-electron chi connectivity index (χ3n) is 3.31. The van der Waals surface area contributed by atoms with Crippen LogP contribution in [0, 0.1) is 6.92 Å². The molecule has 0 fully saturated rings. The van der Waals surface area contributed by atoms with Crippen molar-refractivity contribution >= 4 is 5.97 Å². The van der Waals surface area contributed by atoms with Crippen LogP contribution in [0.4, 0.5) is 0 Å². The molecule has 0 saturated heterocycles. The zero-order valence-corrected chi connectivity index (χ0v) is 11.0. The summed E-state index contributed by atoms with van der Waals surface area (Å²) in [5.41, 5.74) is 3.17. The summed E-state index contributed by atoms with van der Waals surface area (Å²) in [6.45, 7) is 1.99. The summed E-state index contributed by atoms with van der Waals surface area (Å²) in [4.78, 5) is 11.4. The Morgan fingerprint density at radius 2 is 1.84 bits per heavy atom. The Labute approximate surface area is 113 Å². The van der Waals surface area contributed by atoms with Gasteiger partial charge in [-0.25, -0.2) is 0 Å². The molecule has 2 heteroatoms. The predicted octanol–water partition coefficient (Wildman–Crippen LogP) is 3.80. The third-order valence-corrected chi connectivity index (χ3v) is 3.31. The molecule has 0 aliphatic rings. The van der Waals surface area contributed by atoms with E-state index in [2.05, 4.69) is 0 Å². The number of aliphatic carboxylic acids is 1. The minimum absolute atomic E-state index is 0.430. The zero-order valence-electron chi connectivity index (χ0n) is 11.0. The van der Waals surface area contributed by atoms with Crippen molar-refractivity contribution in [3.05, 3.63) is 71.3 Å². The van der Waals surface area contributed by atoms with Crippen LogP contribution in [0.5, 0.6) is 0 Å². The lowest BCUT2D eigenvalue weighted by Gasteiger charge is -2.13. The average molecular weight is 254 g/mol. The lowest BCUT2D eigenvalue weighted by Crippen LogP contribution is -2.12. The minimum atomic E-state index is -0.749. The fourth-order valence-electron chi connectivity index (χ4n) is 2.28. The van der Waals surface area contributed by atoms with Crippen LogP contribution in [0.2, 0.25) is 0 Å². The van der Waals surface area contributed by atoms with Crippen molar-refractivity contribution in [3.63, 3.8) is 0 Å². The summed E-state index contributed by atoms with van der Waals surface area (Å²) in [6, 6.07) is 17.8. The summed E-state index contributed by atoms with van der Waals surface area (Å²) in [6.07, 6.45) is 1.41. The fourth-order valence-corrected chi connectivity index (χ4v) is 2.28. The Kier molecular flexibility index (Phi) is 4.35. The second-order valence-electron chi connectivity index (χ2n) is 4.83. The van der Waals surface area contributed by atoms with Crippen molar-refractivity contribution in [3.8, 4) is 0 Å². The van der Waals surface area contributed by atoms with Crippen LogP contribution >= 0.6 is 0 Å². The highest BCUT2D eigenvalue weighted by Crippen LogP contribution is 2.23. The quantitative estimate of drug-likeness (QED) is 0.881. The second kappa shape index (κ2) is 6.19. The van der Waals surface area contributed by atoms with Gasteiger partial charge in [-0.1, -0.05) is 60.2 Å². The molecule has 0 heterocycles. The van der Waals surface area contributed by atoms with Gasteiger partial charge in [-0.15, -0.1) is 0 Å². The standard InChI is InChI=1S/C17H18O2/c1-13-6-5-9-15(12-13)16(17(18)19)11-10-14-7-3-2-4-8-14/h2-9,12,16H,10-11H2,1H3,(H,18,19). The molecule has 19 heavy (non-hydrogen) atoms. The van der Waals surface area contributed by atoms with Crippen molar-refractivity contribution < 1.29 is 9.90 Å². The van der Waals surface area contributed by atoms with Crippen LogP contribution < -0.4 is 0 Å². The van der Waals surface area contributed by atoms with E-state index in [-0.39, 0.29) is 0 Å². The van der Waals surface area contributed by atoms with Gasteiger partial charge in [-0.2, -0.15) is 0 Å². The molecule has 1 unspecified atom stereocenters. The minimum Gasteiger partial charge on any atom is -0.481 e. The van der Waals surface area contributed by atoms with Gasteiger partial charge in [0.15, 0.2) is 0 Å². The van der Waals surface area contributed by atoms with Crippen molar-refractivity contribution in [2.45, 2.75) is 25.7 Å². The largest absolute Gasteiger partial charge is 0.481 e. The Balaban J connectivity index is 2.11. The maximum atomic E-state index is 11.4. The summed E-state index contributed by atoms with van der Waals surface area (Å²) in [5.74, 6) is -1.18. The van der Waals surface area contributed by atoms with Crippen molar-refractivity contribution in [2.24, 2.45) is 0 Å². The SMILES string of the molecule is Cc1cccc(C(CCc2ccccc2)C(=O)O)c1. The molecule has 2 aromatic rings. The van der Waals surface area contributed by atoms with Gasteiger partial charge < -0.3 is 5.11 Å². The maximum Gasteiger partial charge on any atom is 0.310 e. The number of carboxylic acid groups (broad SMARTS) is 1. The number of hydrogen-bond acceptors (Lipinski definition) is 1. The second-order valence-corrected chi connectivity index (χ2v) is 4.83. The molecule has 0 aliphatic heterocycles. The third kappa shape index (κ3) is 3.68. The molecule has 1 N–H and O–H groups in total. The van der Waals surface area contributed by atoms with Gasteiger partial charge >= 0.3 is 5.97 Å². The summed E-state index contributed by atoms with van der Waals surface area (Å²) >= 11 is 0. The molecule has 2 aromatic carbocycles. The number of benzene rings is 2. The molecule has 0 spiro atoms. The number of carboxylic acids is 1. The molecule has 0 radical (unpaired) electrons. The van der Waals surface area contributed by atoms with Gasteiger partial charge in [0.1, 0.15) is 0 Å². The van der Waals surface area contributed by atoms with Gasteiger partial charge in [0, 0.05) is 0 Å². The molecule has 98 valence electrons. The average Bonchev–Trinajstić information content (AvgIpc) is 2.40. The first-order valence-corrected chi connectivity index (χ1v) is 6.50. The molecule has 1 atom stereocenters.